The summed E-state index contributed by atoms with van der Waals surface area (Å²) < 4.78 is 10.9. The zero-order chi connectivity index (χ0) is 12.5. The molecule has 0 N–H and O–H groups in total. The number of fused-ring (bicyclic) bond motifs is 2. The van der Waals surface area contributed by atoms with Crippen molar-refractivity contribution < 1.29 is 14.3 Å². The molecule has 0 heterocycles. The lowest BCUT2D eigenvalue weighted by Crippen LogP contribution is -2.29. The second-order valence-electron chi connectivity index (χ2n) is 6.17. The first kappa shape index (κ1) is 12.9. The van der Waals surface area contributed by atoms with Gasteiger partial charge in [0.05, 0.1) is 11.5 Å². The predicted octanol–water partition coefficient (Wildman–Crippen LogP) is 3.13. The van der Waals surface area contributed by atoms with Gasteiger partial charge in [-0.3, -0.25) is 4.79 Å². The monoisotopic (exact) mass is 240 g/mol. The smallest absolute Gasteiger partial charge is 0.313 e. The first-order valence-electron chi connectivity index (χ1n) is 6.81. The molecule has 0 spiro atoms. The van der Waals surface area contributed by atoms with E-state index in [0.717, 1.165) is 18.3 Å². The van der Waals surface area contributed by atoms with Crippen LogP contribution in [-0.4, -0.2) is 18.9 Å². The molecular weight excluding hydrogens is 216 g/mol. The average molecular weight is 240 g/mol. The van der Waals surface area contributed by atoms with Crippen LogP contribution in [0.2, 0.25) is 0 Å². The Morgan fingerprint density at radius 1 is 1.29 bits per heavy atom. The first-order valence-corrected chi connectivity index (χ1v) is 6.81. The van der Waals surface area contributed by atoms with Crippen LogP contribution >= 0.6 is 0 Å². The van der Waals surface area contributed by atoms with Gasteiger partial charge in [-0.25, -0.2) is 0 Å². The Bertz CT molecular complexity index is 285. The fraction of sp³-hybridized carbons (Fsp3) is 0.929. The van der Waals surface area contributed by atoms with Crippen LogP contribution in [0, 0.1) is 17.3 Å². The van der Waals surface area contributed by atoms with E-state index in [1.54, 1.807) is 0 Å². The molecule has 0 amide bonds. The number of hydrogen-bond acceptors (Lipinski definition) is 3. The lowest BCUT2D eigenvalue weighted by atomic mass is 9.91. The number of carbonyl (C=O) groups excluding carboxylic acids is 1. The van der Waals surface area contributed by atoms with Crippen molar-refractivity contribution in [1.29, 1.82) is 0 Å². The first-order chi connectivity index (χ1) is 8.03. The van der Waals surface area contributed by atoms with Gasteiger partial charge in [-0.15, -0.1) is 0 Å². The van der Waals surface area contributed by atoms with Crippen LogP contribution in [0.3, 0.4) is 0 Å². The second kappa shape index (κ2) is 4.97. The lowest BCUT2D eigenvalue weighted by molar-refractivity contribution is -0.173. The Hall–Kier alpha value is -0.570. The Morgan fingerprint density at radius 2 is 2.06 bits per heavy atom. The minimum Gasteiger partial charge on any atom is -0.438 e. The number of esters is 1. The van der Waals surface area contributed by atoms with Crippen LogP contribution in [0.4, 0.5) is 0 Å². The summed E-state index contributed by atoms with van der Waals surface area (Å²) in [6.07, 6.45) is 6.28. The van der Waals surface area contributed by atoms with E-state index < -0.39 is 5.41 Å². The molecule has 98 valence electrons. The lowest BCUT2D eigenvalue weighted by Gasteiger charge is -2.24. The molecule has 3 heteroatoms. The number of rotatable bonds is 5. The van der Waals surface area contributed by atoms with Gasteiger partial charge in [0.2, 0.25) is 0 Å². The molecule has 2 bridgehead atoms. The van der Waals surface area contributed by atoms with Gasteiger partial charge >= 0.3 is 5.97 Å². The maximum absolute atomic E-state index is 11.7. The molecule has 3 unspecified atom stereocenters. The zero-order valence-corrected chi connectivity index (χ0v) is 11.2. The van der Waals surface area contributed by atoms with E-state index in [1.807, 2.05) is 20.8 Å². The number of hydrogen-bond donors (Lipinski definition) is 0. The molecular formula is C14H24O3. The van der Waals surface area contributed by atoms with Crippen molar-refractivity contribution >= 4 is 5.97 Å². The summed E-state index contributed by atoms with van der Waals surface area (Å²) in [5.41, 5.74) is -0.391. The highest BCUT2D eigenvalue weighted by Gasteiger charge is 2.40. The van der Waals surface area contributed by atoms with Crippen molar-refractivity contribution in [2.24, 2.45) is 17.3 Å². The molecule has 17 heavy (non-hydrogen) atoms. The van der Waals surface area contributed by atoms with E-state index >= 15 is 0 Å². The van der Waals surface area contributed by atoms with Gasteiger partial charge in [0, 0.05) is 0 Å². The molecule has 2 fully saturated rings. The van der Waals surface area contributed by atoms with Crippen molar-refractivity contribution in [3.8, 4) is 0 Å². The van der Waals surface area contributed by atoms with E-state index in [4.69, 9.17) is 9.47 Å². The molecule has 3 nitrogen and oxygen atoms in total. The molecule has 3 atom stereocenters. The van der Waals surface area contributed by atoms with Gasteiger partial charge < -0.3 is 9.47 Å². The molecule has 0 saturated heterocycles. The van der Waals surface area contributed by atoms with Crippen molar-refractivity contribution in [3.63, 3.8) is 0 Å². The highest BCUT2D eigenvalue weighted by Crippen LogP contribution is 2.45. The summed E-state index contributed by atoms with van der Waals surface area (Å²) in [6, 6.07) is 0. The van der Waals surface area contributed by atoms with Crippen LogP contribution in [0.1, 0.15) is 52.9 Å². The van der Waals surface area contributed by atoms with E-state index in [1.165, 1.54) is 25.7 Å². The normalized spacial score (nSPS) is 31.8. The topological polar surface area (TPSA) is 35.5 Å². The van der Waals surface area contributed by atoms with Gasteiger partial charge in [0.25, 0.3) is 0 Å². The third kappa shape index (κ3) is 2.82. The summed E-state index contributed by atoms with van der Waals surface area (Å²) in [7, 11) is 0. The third-order valence-electron chi connectivity index (χ3n) is 4.58. The van der Waals surface area contributed by atoms with Crippen LogP contribution < -0.4 is 0 Å². The van der Waals surface area contributed by atoms with Crippen LogP contribution in [0.5, 0.6) is 0 Å². The Kier molecular flexibility index (Phi) is 3.76. The molecule has 2 saturated carbocycles. The molecule has 0 aromatic rings. The number of carbonyl (C=O) groups is 1. The highest BCUT2D eigenvalue weighted by atomic mass is 16.7. The fourth-order valence-corrected chi connectivity index (χ4v) is 2.91. The highest BCUT2D eigenvalue weighted by molar-refractivity contribution is 5.75. The Balaban J connectivity index is 1.68. The number of ether oxygens (including phenoxy) is 2. The molecule has 2 aliphatic rings. The van der Waals surface area contributed by atoms with E-state index in [9.17, 15) is 4.79 Å². The quantitative estimate of drug-likeness (QED) is 0.547. The average Bonchev–Trinajstić information content (AvgIpc) is 2.90. The molecule has 0 aromatic heterocycles. The van der Waals surface area contributed by atoms with Crippen molar-refractivity contribution in [1.82, 2.24) is 0 Å². The minimum absolute atomic E-state index is 0.135. The SMILES string of the molecule is CCC(C)(C)C(=O)OCOC1CC2CCC1C2. The summed E-state index contributed by atoms with van der Waals surface area (Å²) >= 11 is 0. The Labute approximate surface area is 104 Å². The third-order valence-corrected chi connectivity index (χ3v) is 4.58. The van der Waals surface area contributed by atoms with E-state index in [-0.39, 0.29) is 12.8 Å². The van der Waals surface area contributed by atoms with Crippen molar-refractivity contribution in [2.75, 3.05) is 6.79 Å². The molecule has 2 rings (SSSR count). The minimum atomic E-state index is -0.391. The van der Waals surface area contributed by atoms with Gasteiger partial charge in [-0.1, -0.05) is 6.92 Å². The standard InChI is InChI=1S/C14H24O3/c1-4-14(2,3)13(15)17-9-16-12-8-10-5-6-11(12)7-10/h10-12H,4-9H2,1-3H3. The predicted molar refractivity (Wildman–Crippen MR) is 65.4 cm³/mol. The van der Waals surface area contributed by atoms with Gasteiger partial charge in [0.1, 0.15) is 0 Å². The zero-order valence-electron chi connectivity index (χ0n) is 11.2. The van der Waals surface area contributed by atoms with Crippen LogP contribution in [0.15, 0.2) is 0 Å². The molecule has 0 radical (unpaired) electrons. The van der Waals surface area contributed by atoms with Crippen molar-refractivity contribution in [3.05, 3.63) is 0 Å². The summed E-state index contributed by atoms with van der Waals surface area (Å²) in [4.78, 5) is 11.7. The van der Waals surface area contributed by atoms with E-state index in [0.29, 0.717) is 6.10 Å². The van der Waals surface area contributed by atoms with Gasteiger partial charge in [-0.2, -0.15) is 0 Å². The largest absolute Gasteiger partial charge is 0.438 e. The fourth-order valence-electron chi connectivity index (χ4n) is 2.91. The van der Waals surface area contributed by atoms with E-state index in [2.05, 4.69) is 0 Å². The summed E-state index contributed by atoms with van der Waals surface area (Å²) in [5.74, 6) is 1.44. The molecule has 0 aromatic carbocycles. The second-order valence-corrected chi connectivity index (χ2v) is 6.17. The van der Waals surface area contributed by atoms with Gasteiger partial charge in [0.15, 0.2) is 6.79 Å². The maximum Gasteiger partial charge on any atom is 0.313 e. The maximum atomic E-state index is 11.7. The molecule has 0 aliphatic heterocycles. The van der Waals surface area contributed by atoms with Crippen LogP contribution in [0.25, 0.3) is 0 Å². The van der Waals surface area contributed by atoms with Crippen LogP contribution in [-0.2, 0) is 14.3 Å². The molecule has 2 aliphatic carbocycles. The summed E-state index contributed by atoms with van der Waals surface area (Å²) in [5, 5.41) is 0. The Morgan fingerprint density at radius 3 is 2.59 bits per heavy atom. The van der Waals surface area contributed by atoms with Gasteiger partial charge in [-0.05, 0) is 57.8 Å². The van der Waals surface area contributed by atoms with Crippen molar-refractivity contribution in [2.45, 2.75) is 59.0 Å². The summed E-state index contributed by atoms with van der Waals surface area (Å²) in [6.45, 7) is 5.95.